The summed E-state index contributed by atoms with van der Waals surface area (Å²) in [6, 6.07) is 11.6. The van der Waals surface area contributed by atoms with E-state index in [0.717, 1.165) is 6.42 Å². The number of halogens is 3. The number of nitrogens with one attached hydrogen (secondary N) is 2. The van der Waals surface area contributed by atoms with Gasteiger partial charge in [0.25, 0.3) is 0 Å². The third kappa shape index (κ3) is 6.69. The van der Waals surface area contributed by atoms with Crippen LogP contribution in [0.5, 0.6) is 0 Å². The number of hydrogen-bond acceptors (Lipinski definition) is 5. The van der Waals surface area contributed by atoms with Crippen molar-refractivity contribution in [1.29, 1.82) is 0 Å². The van der Waals surface area contributed by atoms with Gasteiger partial charge in [0.15, 0.2) is 0 Å². The average molecular weight is 465 g/mol. The smallest absolute Gasteiger partial charge is 0.420 e. The Hall–Kier alpha value is -3.10. The van der Waals surface area contributed by atoms with Crippen molar-refractivity contribution in [2.24, 2.45) is 5.92 Å². The first-order valence-corrected chi connectivity index (χ1v) is 11.0. The lowest BCUT2D eigenvalue weighted by Gasteiger charge is -2.37. The zero-order chi connectivity index (χ0) is 24.2. The number of carbonyl (C=O) groups is 1. The van der Waals surface area contributed by atoms with E-state index in [1.165, 1.54) is 12.1 Å². The predicted molar refractivity (Wildman–Crippen MR) is 125 cm³/mol. The van der Waals surface area contributed by atoms with Crippen molar-refractivity contribution in [3.63, 3.8) is 0 Å². The fourth-order valence-corrected chi connectivity index (χ4v) is 3.99. The number of nitrogens with two attached hydrogens (primary N) is 1. The summed E-state index contributed by atoms with van der Waals surface area (Å²) >= 11 is 0. The largest absolute Gasteiger partial charge is 0.444 e. The molecule has 2 aromatic rings. The SMILES string of the molecule is CC(C)(C)OC(=O)NC[C@@H]1CCCN(c2c(N)ccc(Nc3ccccc3)c2C(F)(F)F)C1. The first-order chi connectivity index (χ1) is 15.4. The topological polar surface area (TPSA) is 79.6 Å². The van der Waals surface area contributed by atoms with Crippen LogP contribution in [0.15, 0.2) is 42.5 Å². The van der Waals surface area contributed by atoms with E-state index in [-0.39, 0.29) is 23.0 Å². The number of benzene rings is 2. The maximum atomic E-state index is 14.3. The van der Waals surface area contributed by atoms with Crippen LogP contribution in [-0.4, -0.2) is 31.3 Å². The van der Waals surface area contributed by atoms with E-state index in [4.69, 9.17) is 10.5 Å². The van der Waals surface area contributed by atoms with Crippen LogP contribution in [0.2, 0.25) is 0 Å². The van der Waals surface area contributed by atoms with E-state index in [1.807, 2.05) is 0 Å². The van der Waals surface area contributed by atoms with Crippen LogP contribution in [-0.2, 0) is 10.9 Å². The minimum atomic E-state index is -4.61. The molecule has 6 nitrogen and oxygen atoms in total. The number of amides is 1. The van der Waals surface area contributed by atoms with Gasteiger partial charge in [-0.05, 0) is 63.8 Å². The van der Waals surface area contributed by atoms with Crippen LogP contribution in [0, 0.1) is 5.92 Å². The lowest BCUT2D eigenvalue weighted by Crippen LogP contribution is -2.43. The van der Waals surface area contributed by atoms with E-state index in [0.29, 0.717) is 31.7 Å². The second-order valence-electron chi connectivity index (χ2n) is 9.25. The molecule has 180 valence electrons. The molecular weight excluding hydrogens is 433 g/mol. The summed E-state index contributed by atoms with van der Waals surface area (Å²) in [4.78, 5) is 13.7. The Morgan fingerprint density at radius 3 is 2.48 bits per heavy atom. The van der Waals surface area contributed by atoms with E-state index in [2.05, 4.69) is 10.6 Å². The molecule has 1 fully saturated rings. The van der Waals surface area contributed by atoms with Crippen LogP contribution in [0.4, 0.5) is 40.7 Å². The molecule has 0 aromatic heterocycles. The van der Waals surface area contributed by atoms with Crippen molar-refractivity contribution in [3.05, 3.63) is 48.0 Å². The summed E-state index contributed by atoms with van der Waals surface area (Å²) < 4.78 is 48.0. The standard InChI is InChI=1S/C24H31F3N4O2/c1-23(2,3)33-22(32)29-14-16-8-7-13-31(15-16)21-18(28)11-12-19(20(21)24(25,26)27)30-17-9-5-4-6-10-17/h4-6,9-12,16,30H,7-8,13-15,28H2,1-3H3,(H,29,32)/t16-/m0/s1. The molecule has 1 heterocycles. The number of alkyl halides is 3. The minimum Gasteiger partial charge on any atom is -0.444 e. The zero-order valence-corrected chi connectivity index (χ0v) is 19.1. The molecule has 1 saturated heterocycles. The van der Waals surface area contributed by atoms with Gasteiger partial charge in [-0.15, -0.1) is 0 Å². The third-order valence-electron chi connectivity index (χ3n) is 5.31. The Labute approximate surface area is 192 Å². The monoisotopic (exact) mass is 464 g/mol. The summed E-state index contributed by atoms with van der Waals surface area (Å²) in [6.07, 6.45) is -3.67. The highest BCUT2D eigenvalue weighted by Gasteiger charge is 2.40. The quantitative estimate of drug-likeness (QED) is 0.490. The van der Waals surface area contributed by atoms with Crippen molar-refractivity contribution < 1.29 is 22.7 Å². The van der Waals surface area contributed by atoms with Gasteiger partial charge in [0.1, 0.15) is 11.2 Å². The number of nitrogens with zero attached hydrogens (tertiary/aromatic N) is 1. The van der Waals surface area contributed by atoms with Gasteiger partial charge in [0, 0.05) is 25.3 Å². The number of rotatable bonds is 5. The summed E-state index contributed by atoms with van der Waals surface area (Å²) in [5.41, 5.74) is 5.24. The number of alkyl carbamates (subject to hydrolysis) is 1. The molecule has 0 aliphatic carbocycles. The van der Waals surface area contributed by atoms with Gasteiger partial charge in [-0.3, -0.25) is 0 Å². The second kappa shape index (κ2) is 9.80. The summed E-state index contributed by atoms with van der Waals surface area (Å²) in [6.45, 7) is 6.42. The third-order valence-corrected chi connectivity index (χ3v) is 5.31. The highest BCUT2D eigenvalue weighted by atomic mass is 19.4. The maximum Gasteiger partial charge on any atom is 0.420 e. The van der Waals surface area contributed by atoms with Gasteiger partial charge >= 0.3 is 12.3 Å². The summed E-state index contributed by atoms with van der Waals surface area (Å²) in [5, 5.41) is 5.61. The number of piperidine rings is 1. The molecule has 1 atom stereocenters. The van der Waals surface area contributed by atoms with Crippen molar-refractivity contribution >= 4 is 28.8 Å². The Kier molecular flexibility index (Phi) is 7.29. The van der Waals surface area contributed by atoms with Gasteiger partial charge in [0.2, 0.25) is 0 Å². The fourth-order valence-electron chi connectivity index (χ4n) is 3.99. The molecule has 1 aliphatic rings. The van der Waals surface area contributed by atoms with Gasteiger partial charge in [0.05, 0.1) is 17.1 Å². The Morgan fingerprint density at radius 1 is 1.15 bits per heavy atom. The molecule has 0 saturated carbocycles. The molecule has 33 heavy (non-hydrogen) atoms. The van der Waals surface area contributed by atoms with E-state index in [9.17, 15) is 18.0 Å². The Balaban J connectivity index is 1.83. The van der Waals surface area contributed by atoms with Crippen LogP contribution < -0.4 is 21.3 Å². The Morgan fingerprint density at radius 2 is 1.85 bits per heavy atom. The molecule has 1 amide bonds. The predicted octanol–water partition coefficient (Wildman–Crippen LogP) is 5.77. The van der Waals surface area contributed by atoms with Crippen LogP contribution in [0.1, 0.15) is 39.2 Å². The van der Waals surface area contributed by atoms with Crippen molar-refractivity contribution in [1.82, 2.24) is 5.32 Å². The number of carbonyl (C=O) groups excluding carboxylic acids is 1. The molecule has 1 aliphatic heterocycles. The van der Waals surface area contributed by atoms with Gasteiger partial charge < -0.3 is 26.0 Å². The molecule has 0 radical (unpaired) electrons. The molecule has 9 heteroatoms. The normalized spacial score (nSPS) is 16.9. The lowest BCUT2D eigenvalue weighted by atomic mass is 9.95. The van der Waals surface area contributed by atoms with Crippen LogP contribution >= 0.6 is 0 Å². The minimum absolute atomic E-state index is 0.0228. The molecule has 2 aromatic carbocycles. The maximum absolute atomic E-state index is 14.3. The van der Waals surface area contributed by atoms with Crippen molar-refractivity contribution in [2.75, 3.05) is 35.6 Å². The van der Waals surface area contributed by atoms with E-state index >= 15 is 0 Å². The summed E-state index contributed by atoms with van der Waals surface area (Å²) in [7, 11) is 0. The fraction of sp³-hybridized carbons (Fsp3) is 0.458. The molecule has 4 N–H and O–H groups in total. The first-order valence-electron chi connectivity index (χ1n) is 11.0. The number of hydrogen-bond donors (Lipinski definition) is 3. The average Bonchev–Trinajstić information content (AvgIpc) is 2.72. The van der Waals surface area contributed by atoms with Crippen LogP contribution in [0.25, 0.3) is 0 Å². The van der Waals surface area contributed by atoms with Gasteiger partial charge in [-0.25, -0.2) is 4.79 Å². The number of nitrogen functional groups attached to an aromatic ring is 1. The van der Waals surface area contributed by atoms with Crippen LogP contribution in [0.3, 0.4) is 0 Å². The summed E-state index contributed by atoms with van der Waals surface area (Å²) in [5.74, 6) is -0.0301. The molecule has 3 rings (SSSR count). The van der Waals surface area contributed by atoms with Crippen molar-refractivity contribution in [3.8, 4) is 0 Å². The molecule has 0 unspecified atom stereocenters. The molecule has 0 spiro atoms. The lowest BCUT2D eigenvalue weighted by molar-refractivity contribution is -0.136. The van der Waals surface area contributed by atoms with Gasteiger partial charge in [-0.2, -0.15) is 13.2 Å². The zero-order valence-electron chi connectivity index (χ0n) is 19.1. The molecular formula is C24H31F3N4O2. The highest BCUT2D eigenvalue weighted by molar-refractivity contribution is 5.81. The molecule has 0 bridgehead atoms. The van der Waals surface area contributed by atoms with Gasteiger partial charge in [-0.1, -0.05) is 18.2 Å². The number of anilines is 4. The Bertz CT molecular complexity index is 959. The second-order valence-corrected chi connectivity index (χ2v) is 9.25. The van der Waals surface area contributed by atoms with E-state index in [1.54, 1.807) is 56.0 Å². The first kappa shape index (κ1) is 24.5. The van der Waals surface area contributed by atoms with E-state index < -0.39 is 23.4 Å². The van der Waals surface area contributed by atoms with Crippen molar-refractivity contribution in [2.45, 2.75) is 45.4 Å². The number of para-hydroxylation sites is 1. The highest BCUT2D eigenvalue weighted by Crippen LogP contribution is 2.46. The number of ether oxygens (including phenoxy) is 1.